The van der Waals surface area contributed by atoms with E-state index in [2.05, 4.69) is 16.9 Å². The Morgan fingerprint density at radius 1 is 1.50 bits per heavy atom. The van der Waals surface area contributed by atoms with E-state index in [-0.39, 0.29) is 5.78 Å². The van der Waals surface area contributed by atoms with Crippen LogP contribution in [0.4, 0.5) is 0 Å². The second-order valence-corrected chi connectivity index (χ2v) is 4.91. The predicted molar refractivity (Wildman–Crippen MR) is 64.9 cm³/mol. The molecule has 1 aromatic heterocycles. The van der Waals surface area contributed by atoms with Gasteiger partial charge >= 0.3 is 0 Å². The van der Waals surface area contributed by atoms with Crippen LogP contribution in [0.15, 0.2) is 6.07 Å². The Hall–Kier alpha value is -1.09. The molecule has 1 N–H and O–H groups in total. The molecular weight excluding hydrogens is 200 g/mol. The van der Waals surface area contributed by atoms with Gasteiger partial charge in [0.05, 0.1) is 6.54 Å². The molecule has 3 heteroatoms. The van der Waals surface area contributed by atoms with E-state index in [0.717, 1.165) is 17.0 Å². The number of rotatable bonds is 4. The molecule has 1 aliphatic carbocycles. The molecule has 0 radical (unpaired) electrons. The molecule has 0 amide bonds. The molecule has 0 atom stereocenters. The minimum absolute atomic E-state index is 0.233. The zero-order valence-electron chi connectivity index (χ0n) is 10.3. The third kappa shape index (κ3) is 2.19. The molecule has 0 spiro atoms. The van der Waals surface area contributed by atoms with Crippen LogP contribution in [0.1, 0.15) is 41.0 Å². The summed E-state index contributed by atoms with van der Waals surface area (Å²) in [5.74, 6) is 0.233. The number of aryl methyl sites for hydroxylation is 2. The van der Waals surface area contributed by atoms with Crippen molar-refractivity contribution >= 4 is 5.78 Å². The van der Waals surface area contributed by atoms with Crippen LogP contribution in [0.5, 0.6) is 0 Å². The molecule has 1 aliphatic rings. The fourth-order valence-corrected chi connectivity index (χ4v) is 2.28. The topological polar surface area (TPSA) is 36.1 Å². The number of Topliss-reactive ketones (excluding diaryl/α,β-unsaturated/α-hetero) is 1. The summed E-state index contributed by atoms with van der Waals surface area (Å²) in [7, 11) is 2.05. The van der Waals surface area contributed by atoms with Crippen LogP contribution in [-0.2, 0) is 0 Å². The number of nitrogens with zero attached hydrogens (tertiary/aromatic N) is 1. The van der Waals surface area contributed by atoms with Gasteiger partial charge in [-0.1, -0.05) is 6.42 Å². The van der Waals surface area contributed by atoms with Gasteiger partial charge in [-0.2, -0.15) is 0 Å². The summed E-state index contributed by atoms with van der Waals surface area (Å²) in [6.45, 7) is 4.49. The molecule has 0 saturated heterocycles. The van der Waals surface area contributed by atoms with E-state index in [1.165, 1.54) is 19.3 Å². The lowest BCUT2D eigenvalue weighted by atomic mass is 9.91. The van der Waals surface area contributed by atoms with Crippen LogP contribution in [0.2, 0.25) is 0 Å². The Kier molecular flexibility index (Phi) is 3.15. The van der Waals surface area contributed by atoms with E-state index in [0.29, 0.717) is 12.6 Å². The monoisotopic (exact) mass is 220 g/mol. The van der Waals surface area contributed by atoms with Crippen molar-refractivity contribution in [1.82, 2.24) is 9.88 Å². The van der Waals surface area contributed by atoms with E-state index in [4.69, 9.17) is 0 Å². The van der Waals surface area contributed by atoms with Gasteiger partial charge in [-0.15, -0.1) is 0 Å². The minimum Gasteiger partial charge on any atom is -0.362 e. The predicted octanol–water partition coefficient (Wildman–Crippen LogP) is 2.30. The van der Waals surface area contributed by atoms with Gasteiger partial charge in [-0.25, -0.2) is 0 Å². The molecule has 0 bridgehead atoms. The fourth-order valence-electron chi connectivity index (χ4n) is 2.28. The maximum atomic E-state index is 12.1. The zero-order valence-corrected chi connectivity index (χ0v) is 10.3. The van der Waals surface area contributed by atoms with E-state index < -0.39 is 0 Å². The van der Waals surface area contributed by atoms with Crippen molar-refractivity contribution in [3.63, 3.8) is 0 Å². The second kappa shape index (κ2) is 4.42. The number of H-pyrrole nitrogens is 1. The first-order valence-corrected chi connectivity index (χ1v) is 5.97. The normalized spacial score (nSPS) is 16.5. The number of ketones is 1. The Bertz CT molecular complexity index is 391. The van der Waals surface area contributed by atoms with Crippen LogP contribution in [0.25, 0.3) is 0 Å². The molecule has 16 heavy (non-hydrogen) atoms. The summed E-state index contributed by atoms with van der Waals surface area (Å²) in [5, 5.41) is 0. The highest BCUT2D eigenvalue weighted by atomic mass is 16.1. The van der Waals surface area contributed by atoms with E-state index in [1.54, 1.807) is 0 Å². The van der Waals surface area contributed by atoms with E-state index in [1.807, 2.05) is 19.9 Å². The molecule has 1 aromatic rings. The van der Waals surface area contributed by atoms with Crippen LogP contribution in [-0.4, -0.2) is 35.3 Å². The Balaban J connectivity index is 1.99. The van der Waals surface area contributed by atoms with Gasteiger partial charge in [0.25, 0.3) is 0 Å². The lowest BCUT2D eigenvalue weighted by Crippen LogP contribution is -2.40. The number of hydrogen-bond donors (Lipinski definition) is 1. The summed E-state index contributed by atoms with van der Waals surface area (Å²) in [6, 6.07) is 2.58. The van der Waals surface area contributed by atoms with Crippen molar-refractivity contribution in [3.05, 3.63) is 23.0 Å². The first-order valence-electron chi connectivity index (χ1n) is 5.97. The molecule has 1 fully saturated rings. The highest BCUT2D eigenvalue weighted by molar-refractivity contribution is 5.98. The minimum atomic E-state index is 0.233. The largest absolute Gasteiger partial charge is 0.362 e. The molecule has 0 aromatic carbocycles. The Morgan fingerprint density at radius 2 is 2.19 bits per heavy atom. The number of nitrogens with one attached hydrogen (secondary N) is 1. The van der Waals surface area contributed by atoms with Gasteiger partial charge < -0.3 is 4.98 Å². The van der Waals surface area contributed by atoms with Gasteiger partial charge in [0.15, 0.2) is 5.78 Å². The van der Waals surface area contributed by atoms with Crippen LogP contribution >= 0.6 is 0 Å². The summed E-state index contributed by atoms with van der Waals surface area (Å²) in [6.07, 6.45) is 3.80. The average molecular weight is 220 g/mol. The summed E-state index contributed by atoms with van der Waals surface area (Å²) >= 11 is 0. The summed E-state index contributed by atoms with van der Waals surface area (Å²) in [4.78, 5) is 17.4. The van der Waals surface area contributed by atoms with Crippen molar-refractivity contribution in [3.8, 4) is 0 Å². The number of carbonyl (C=O) groups excluding carboxylic acids is 1. The van der Waals surface area contributed by atoms with Crippen LogP contribution < -0.4 is 0 Å². The second-order valence-electron chi connectivity index (χ2n) is 4.91. The van der Waals surface area contributed by atoms with Gasteiger partial charge in [-0.05, 0) is 39.8 Å². The highest BCUT2D eigenvalue weighted by Crippen LogP contribution is 2.23. The molecule has 3 nitrogen and oxygen atoms in total. The molecular formula is C13H20N2O. The van der Waals surface area contributed by atoms with Crippen LogP contribution in [0.3, 0.4) is 0 Å². The third-order valence-electron chi connectivity index (χ3n) is 3.54. The van der Waals surface area contributed by atoms with Crippen molar-refractivity contribution < 1.29 is 4.79 Å². The maximum absolute atomic E-state index is 12.1. The molecule has 88 valence electrons. The van der Waals surface area contributed by atoms with Crippen molar-refractivity contribution in [2.24, 2.45) is 0 Å². The Morgan fingerprint density at radius 3 is 2.62 bits per heavy atom. The van der Waals surface area contributed by atoms with E-state index in [9.17, 15) is 4.79 Å². The number of likely N-dealkylation sites (N-methyl/N-ethyl adjacent to an activating group) is 1. The van der Waals surface area contributed by atoms with Crippen molar-refractivity contribution in [2.75, 3.05) is 13.6 Å². The first kappa shape index (κ1) is 11.4. The lowest BCUT2D eigenvalue weighted by Gasteiger charge is -2.34. The van der Waals surface area contributed by atoms with Gasteiger partial charge in [0.2, 0.25) is 0 Å². The highest BCUT2D eigenvalue weighted by Gasteiger charge is 2.24. The van der Waals surface area contributed by atoms with Gasteiger partial charge in [0.1, 0.15) is 0 Å². The number of aromatic nitrogens is 1. The Labute approximate surface area is 96.8 Å². The average Bonchev–Trinajstić information content (AvgIpc) is 2.41. The lowest BCUT2D eigenvalue weighted by molar-refractivity contribution is 0.0870. The fraction of sp³-hybridized carbons (Fsp3) is 0.615. The standard InChI is InChI=1S/C13H20N2O/c1-9-7-12(10(2)14-9)13(16)8-15(3)11-5-4-6-11/h7,11,14H,4-6,8H2,1-3H3. The summed E-state index contributed by atoms with van der Waals surface area (Å²) < 4.78 is 0. The zero-order chi connectivity index (χ0) is 11.7. The number of aromatic amines is 1. The van der Waals surface area contributed by atoms with Gasteiger partial charge in [-0.3, -0.25) is 9.69 Å². The third-order valence-corrected chi connectivity index (χ3v) is 3.54. The van der Waals surface area contributed by atoms with Crippen LogP contribution in [0, 0.1) is 13.8 Å². The molecule has 0 aliphatic heterocycles. The van der Waals surface area contributed by atoms with Crippen molar-refractivity contribution in [1.29, 1.82) is 0 Å². The van der Waals surface area contributed by atoms with Gasteiger partial charge in [0, 0.05) is 23.0 Å². The molecule has 0 unspecified atom stereocenters. The quantitative estimate of drug-likeness (QED) is 0.790. The first-order chi connectivity index (χ1) is 7.58. The molecule has 1 heterocycles. The molecule has 1 saturated carbocycles. The SMILES string of the molecule is Cc1cc(C(=O)CN(C)C2CCC2)c(C)[nH]1. The maximum Gasteiger partial charge on any atom is 0.178 e. The summed E-state index contributed by atoms with van der Waals surface area (Å²) in [5.41, 5.74) is 2.90. The van der Waals surface area contributed by atoms with E-state index >= 15 is 0 Å². The number of hydrogen-bond acceptors (Lipinski definition) is 2. The number of carbonyl (C=O) groups is 1. The smallest absolute Gasteiger partial charge is 0.178 e. The molecule has 2 rings (SSSR count). The van der Waals surface area contributed by atoms with Crippen molar-refractivity contribution in [2.45, 2.75) is 39.2 Å².